The van der Waals surface area contributed by atoms with Crippen LogP contribution in [0, 0.1) is 0 Å². The first-order chi connectivity index (χ1) is 11.4. The quantitative estimate of drug-likeness (QED) is 0.726. The minimum Gasteiger partial charge on any atom is -0.484 e. The van der Waals surface area contributed by atoms with Crippen molar-refractivity contribution < 1.29 is 22.7 Å². The van der Waals surface area contributed by atoms with Crippen molar-refractivity contribution in [2.75, 3.05) is 19.8 Å². The molecule has 1 aliphatic rings. The summed E-state index contributed by atoms with van der Waals surface area (Å²) in [5, 5.41) is 2.76. The summed E-state index contributed by atoms with van der Waals surface area (Å²) in [5.41, 5.74) is 0. The van der Waals surface area contributed by atoms with Crippen molar-refractivity contribution in [1.29, 1.82) is 0 Å². The SMILES string of the molecule is CC(C)NS(=O)(=O)c1ccc(OCC(=O)NCC2CCCO2)cc1. The number of nitrogens with one attached hydrogen (secondary N) is 2. The van der Waals surface area contributed by atoms with E-state index in [9.17, 15) is 13.2 Å². The van der Waals surface area contributed by atoms with Gasteiger partial charge >= 0.3 is 0 Å². The van der Waals surface area contributed by atoms with Gasteiger partial charge in [-0.3, -0.25) is 4.79 Å². The molecule has 1 aliphatic heterocycles. The third-order valence-electron chi connectivity index (χ3n) is 3.45. The van der Waals surface area contributed by atoms with Crippen LogP contribution in [0.4, 0.5) is 0 Å². The van der Waals surface area contributed by atoms with Crippen LogP contribution >= 0.6 is 0 Å². The van der Waals surface area contributed by atoms with Gasteiger partial charge in [0.15, 0.2) is 6.61 Å². The van der Waals surface area contributed by atoms with Gasteiger partial charge in [0.1, 0.15) is 5.75 Å². The fourth-order valence-corrected chi connectivity index (χ4v) is 3.58. The van der Waals surface area contributed by atoms with E-state index in [-0.39, 0.29) is 29.6 Å². The second-order valence-corrected chi connectivity index (χ2v) is 7.69. The van der Waals surface area contributed by atoms with E-state index in [1.165, 1.54) is 24.3 Å². The molecule has 1 aromatic rings. The van der Waals surface area contributed by atoms with Gasteiger partial charge in [0.05, 0.1) is 11.0 Å². The number of hydrogen-bond donors (Lipinski definition) is 2. The van der Waals surface area contributed by atoms with Gasteiger partial charge in [-0.15, -0.1) is 0 Å². The van der Waals surface area contributed by atoms with Crippen LogP contribution in [0.15, 0.2) is 29.2 Å². The molecular formula is C16H24N2O5S. The molecule has 8 heteroatoms. The molecule has 1 amide bonds. The van der Waals surface area contributed by atoms with E-state index >= 15 is 0 Å². The van der Waals surface area contributed by atoms with Crippen molar-refractivity contribution in [3.8, 4) is 5.75 Å². The first-order valence-electron chi connectivity index (χ1n) is 8.00. The predicted octanol–water partition coefficient (Wildman–Crippen LogP) is 1.05. The Labute approximate surface area is 142 Å². The third-order valence-corrected chi connectivity index (χ3v) is 5.12. The molecule has 1 heterocycles. The highest BCUT2D eigenvalue weighted by Crippen LogP contribution is 2.16. The van der Waals surface area contributed by atoms with E-state index in [0.29, 0.717) is 12.3 Å². The highest BCUT2D eigenvalue weighted by molar-refractivity contribution is 7.89. The van der Waals surface area contributed by atoms with Gasteiger partial charge in [0, 0.05) is 19.2 Å². The maximum Gasteiger partial charge on any atom is 0.258 e. The summed E-state index contributed by atoms with van der Waals surface area (Å²) in [6.45, 7) is 4.62. The number of carbonyl (C=O) groups excluding carboxylic acids is 1. The van der Waals surface area contributed by atoms with Crippen molar-refractivity contribution in [3.05, 3.63) is 24.3 Å². The Morgan fingerprint density at radius 2 is 2.04 bits per heavy atom. The lowest BCUT2D eigenvalue weighted by Gasteiger charge is -2.12. The van der Waals surface area contributed by atoms with Crippen molar-refractivity contribution in [2.45, 2.75) is 43.7 Å². The second kappa shape index (κ2) is 8.46. The van der Waals surface area contributed by atoms with Crippen LogP contribution in [0.1, 0.15) is 26.7 Å². The summed E-state index contributed by atoms with van der Waals surface area (Å²) in [7, 11) is -3.52. The van der Waals surface area contributed by atoms with E-state index in [2.05, 4.69) is 10.0 Å². The molecule has 1 saturated heterocycles. The van der Waals surface area contributed by atoms with Crippen LogP contribution in [-0.4, -0.2) is 46.2 Å². The van der Waals surface area contributed by atoms with E-state index in [0.717, 1.165) is 19.4 Å². The summed E-state index contributed by atoms with van der Waals surface area (Å²) in [6.07, 6.45) is 2.08. The van der Waals surface area contributed by atoms with Gasteiger partial charge in [-0.2, -0.15) is 0 Å². The van der Waals surface area contributed by atoms with Crippen LogP contribution in [0.25, 0.3) is 0 Å². The smallest absolute Gasteiger partial charge is 0.258 e. The first-order valence-corrected chi connectivity index (χ1v) is 9.48. The number of carbonyl (C=O) groups is 1. The minimum absolute atomic E-state index is 0.0897. The van der Waals surface area contributed by atoms with Crippen molar-refractivity contribution in [2.24, 2.45) is 0 Å². The van der Waals surface area contributed by atoms with Crippen LogP contribution in [0.2, 0.25) is 0 Å². The van der Waals surface area contributed by atoms with E-state index in [1.54, 1.807) is 13.8 Å². The highest BCUT2D eigenvalue weighted by atomic mass is 32.2. The fraction of sp³-hybridized carbons (Fsp3) is 0.562. The lowest BCUT2D eigenvalue weighted by molar-refractivity contribution is -0.123. The average molecular weight is 356 g/mol. The summed E-state index contributed by atoms with van der Waals surface area (Å²) >= 11 is 0. The first kappa shape index (κ1) is 18.7. The number of benzene rings is 1. The lowest BCUT2D eigenvalue weighted by Crippen LogP contribution is -2.35. The zero-order chi connectivity index (χ0) is 17.6. The molecule has 0 bridgehead atoms. The number of ether oxygens (including phenoxy) is 2. The molecule has 24 heavy (non-hydrogen) atoms. The molecule has 2 rings (SSSR count). The lowest BCUT2D eigenvalue weighted by atomic mass is 10.2. The fourth-order valence-electron chi connectivity index (χ4n) is 2.33. The molecule has 0 saturated carbocycles. The molecule has 0 aromatic heterocycles. The predicted molar refractivity (Wildman–Crippen MR) is 89.4 cm³/mol. The largest absolute Gasteiger partial charge is 0.484 e. The normalized spacial score (nSPS) is 17.9. The van der Waals surface area contributed by atoms with Crippen molar-refractivity contribution >= 4 is 15.9 Å². The van der Waals surface area contributed by atoms with Crippen molar-refractivity contribution in [1.82, 2.24) is 10.0 Å². The topological polar surface area (TPSA) is 93.7 Å². The molecule has 0 spiro atoms. The second-order valence-electron chi connectivity index (χ2n) is 5.98. The van der Waals surface area contributed by atoms with E-state index < -0.39 is 10.0 Å². The number of rotatable bonds is 8. The van der Waals surface area contributed by atoms with E-state index in [1.807, 2.05) is 0 Å². The van der Waals surface area contributed by atoms with Crippen LogP contribution in [-0.2, 0) is 19.6 Å². The summed E-state index contributed by atoms with van der Waals surface area (Å²) in [5.74, 6) is 0.203. The molecule has 0 radical (unpaired) electrons. The maximum atomic E-state index is 12.0. The molecule has 1 fully saturated rings. The monoisotopic (exact) mass is 356 g/mol. The highest BCUT2D eigenvalue weighted by Gasteiger charge is 2.17. The Kier molecular flexibility index (Phi) is 6.59. The summed E-state index contributed by atoms with van der Waals surface area (Å²) in [6, 6.07) is 5.78. The zero-order valence-corrected chi connectivity index (χ0v) is 14.8. The Morgan fingerprint density at radius 1 is 1.33 bits per heavy atom. The molecule has 134 valence electrons. The van der Waals surface area contributed by atoms with Crippen LogP contribution in [0.3, 0.4) is 0 Å². The third kappa shape index (κ3) is 5.77. The Morgan fingerprint density at radius 3 is 2.62 bits per heavy atom. The Hall–Kier alpha value is -1.64. The van der Waals surface area contributed by atoms with Gasteiger partial charge in [-0.05, 0) is 51.0 Å². The molecule has 1 unspecified atom stereocenters. The van der Waals surface area contributed by atoms with Gasteiger partial charge in [-0.25, -0.2) is 13.1 Å². The van der Waals surface area contributed by atoms with Gasteiger partial charge in [-0.1, -0.05) is 0 Å². The molecule has 1 aromatic carbocycles. The summed E-state index contributed by atoms with van der Waals surface area (Å²) in [4.78, 5) is 11.9. The zero-order valence-electron chi connectivity index (χ0n) is 13.9. The molecule has 1 atom stereocenters. The number of hydrogen-bond acceptors (Lipinski definition) is 5. The van der Waals surface area contributed by atoms with Gasteiger partial charge in [0.2, 0.25) is 10.0 Å². The minimum atomic E-state index is -3.52. The Bertz CT molecular complexity index is 637. The maximum absolute atomic E-state index is 12.0. The number of sulfonamides is 1. The average Bonchev–Trinajstić information content (AvgIpc) is 3.03. The van der Waals surface area contributed by atoms with Crippen molar-refractivity contribution in [3.63, 3.8) is 0 Å². The Balaban J connectivity index is 1.80. The van der Waals surface area contributed by atoms with Crippen LogP contribution < -0.4 is 14.8 Å². The van der Waals surface area contributed by atoms with Crippen LogP contribution in [0.5, 0.6) is 5.75 Å². The van der Waals surface area contributed by atoms with E-state index in [4.69, 9.17) is 9.47 Å². The van der Waals surface area contributed by atoms with Gasteiger partial charge < -0.3 is 14.8 Å². The van der Waals surface area contributed by atoms with Gasteiger partial charge in [0.25, 0.3) is 5.91 Å². The molecule has 0 aliphatic carbocycles. The standard InChI is InChI=1S/C16H24N2O5S/c1-12(2)18-24(20,21)15-7-5-13(6-8-15)23-11-16(19)17-10-14-4-3-9-22-14/h5-8,12,14,18H,3-4,9-11H2,1-2H3,(H,17,19). The molecule has 7 nitrogen and oxygen atoms in total. The number of amides is 1. The molecule has 2 N–H and O–H groups in total. The molecular weight excluding hydrogens is 332 g/mol. The summed E-state index contributed by atoms with van der Waals surface area (Å²) < 4.78 is 37.3.